The summed E-state index contributed by atoms with van der Waals surface area (Å²) in [6.07, 6.45) is 61.9. The molecule has 69 heavy (non-hydrogen) atoms. The highest BCUT2D eigenvalue weighted by atomic mass is 31.2. The Morgan fingerprint density at radius 3 is 1.39 bits per heavy atom. The lowest BCUT2D eigenvalue weighted by Gasteiger charge is -2.27. The molecule has 0 aromatic heterocycles. The van der Waals surface area contributed by atoms with Gasteiger partial charge in [0.25, 0.3) is 0 Å². The van der Waals surface area contributed by atoms with Crippen LogP contribution in [-0.4, -0.2) is 74.3 Å². The van der Waals surface area contributed by atoms with E-state index in [0.717, 1.165) is 70.6 Å². The third-order valence-electron chi connectivity index (χ3n) is 12.1. The molecule has 0 saturated heterocycles. The topological polar surface area (TPSA) is 111 Å². The number of hydrogen-bond donors (Lipinski definition) is 2. The molecule has 0 aliphatic carbocycles. The zero-order valence-corrected chi connectivity index (χ0v) is 46.4. The number of nitrogens with zero attached hydrogens (tertiary/aromatic N) is 1. The van der Waals surface area contributed by atoms with E-state index in [-0.39, 0.29) is 37.9 Å². The molecule has 0 aromatic rings. The molecule has 3 atom stereocenters. The maximum Gasteiger partial charge on any atom is 0.472 e. The number of quaternary nitrogens is 1. The van der Waals surface area contributed by atoms with Crippen molar-refractivity contribution in [2.45, 2.75) is 251 Å². The minimum absolute atomic E-state index is 0.0258. The van der Waals surface area contributed by atoms with Gasteiger partial charge in [0.05, 0.1) is 33.8 Å². The van der Waals surface area contributed by atoms with Gasteiger partial charge in [-0.05, 0) is 96.0 Å². The highest BCUT2D eigenvalue weighted by Crippen LogP contribution is 2.43. The van der Waals surface area contributed by atoms with Crippen molar-refractivity contribution in [1.29, 1.82) is 0 Å². The molecule has 10 heteroatoms. The molecule has 2 N–H and O–H groups in total. The van der Waals surface area contributed by atoms with Crippen molar-refractivity contribution in [3.8, 4) is 0 Å². The second-order valence-corrected chi connectivity index (χ2v) is 21.6. The molecule has 3 unspecified atom stereocenters. The van der Waals surface area contributed by atoms with Crippen molar-refractivity contribution >= 4 is 19.7 Å². The first-order valence-electron chi connectivity index (χ1n) is 28.3. The van der Waals surface area contributed by atoms with E-state index in [2.05, 4.69) is 86.8 Å². The van der Waals surface area contributed by atoms with Crippen LogP contribution in [-0.2, 0) is 27.9 Å². The summed E-state index contributed by atoms with van der Waals surface area (Å²) in [5.41, 5.74) is 0. The number of unbranched alkanes of at least 4 members (excludes halogenated alkanes) is 24. The standard InChI is InChI=1S/C59H107N2O7P/c1-7-10-13-16-19-22-25-28-29-30-31-34-36-39-42-45-48-51-58(62)60-56(55-67-69(64,65)66-54-53-61(4,5)6)57(50-47-44-41-38-35-32-26-23-20-17-14-11-8-2)68-59(63)52-49-46-43-40-37-33-27-24-21-18-15-12-9-3/h19,22,28-29,31,33-34,37,39,42,47,50,56-57H,7-18,20-21,23-27,30,32,35-36,38,40-41,43-46,48-49,51-55H2,1-6H3,(H-,60,62,64,65)/p+1/b22-19-,29-28-,34-31-,37-33-,42-39-,50-47-. The van der Waals surface area contributed by atoms with Gasteiger partial charge >= 0.3 is 13.8 Å². The summed E-state index contributed by atoms with van der Waals surface area (Å²) >= 11 is 0. The lowest BCUT2D eigenvalue weighted by molar-refractivity contribution is -0.870. The largest absolute Gasteiger partial charge is 0.472 e. The fraction of sp³-hybridized carbons (Fsp3) is 0.763. The number of hydrogen-bond acceptors (Lipinski definition) is 6. The summed E-state index contributed by atoms with van der Waals surface area (Å²) < 4.78 is 30.5. The summed E-state index contributed by atoms with van der Waals surface area (Å²) in [5.74, 6) is -0.591. The van der Waals surface area contributed by atoms with Crippen LogP contribution in [0.1, 0.15) is 239 Å². The second-order valence-electron chi connectivity index (χ2n) is 20.1. The number of likely N-dealkylation sites (N-methyl/N-ethyl adjacent to an activating group) is 1. The average Bonchev–Trinajstić information content (AvgIpc) is 3.31. The van der Waals surface area contributed by atoms with Gasteiger partial charge < -0.3 is 19.4 Å². The molecule has 0 aliphatic rings. The maximum atomic E-state index is 13.5. The zero-order chi connectivity index (χ0) is 50.8. The van der Waals surface area contributed by atoms with Crippen LogP contribution < -0.4 is 5.32 Å². The van der Waals surface area contributed by atoms with Crippen LogP contribution in [0.25, 0.3) is 0 Å². The van der Waals surface area contributed by atoms with Crippen molar-refractivity contribution in [3.63, 3.8) is 0 Å². The van der Waals surface area contributed by atoms with Crippen LogP contribution >= 0.6 is 7.82 Å². The van der Waals surface area contributed by atoms with E-state index in [4.69, 9.17) is 13.8 Å². The van der Waals surface area contributed by atoms with Crippen LogP contribution in [0.15, 0.2) is 72.9 Å². The predicted octanol–water partition coefficient (Wildman–Crippen LogP) is 16.9. The smallest absolute Gasteiger partial charge is 0.456 e. The van der Waals surface area contributed by atoms with Crippen LogP contribution in [0.3, 0.4) is 0 Å². The fourth-order valence-electron chi connectivity index (χ4n) is 7.69. The van der Waals surface area contributed by atoms with Gasteiger partial charge in [0.15, 0.2) is 0 Å². The summed E-state index contributed by atoms with van der Waals surface area (Å²) in [6, 6.07) is -0.883. The van der Waals surface area contributed by atoms with Crippen LogP contribution in [0, 0.1) is 0 Å². The molecule has 0 rings (SSSR count). The zero-order valence-electron chi connectivity index (χ0n) is 45.5. The molecular weight excluding hydrogens is 880 g/mol. The van der Waals surface area contributed by atoms with Crippen molar-refractivity contribution in [1.82, 2.24) is 5.32 Å². The molecule has 400 valence electrons. The molecule has 0 spiro atoms. The molecule has 1 amide bonds. The Morgan fingerprint density at radius 2 is 0.899 bits per heavy atom. The minimum Gasteiger partial charge on any atom is -0.456 e. The highest BCUT2D eigenvalue weighted by molar-refractivity contribution is 7.47. The van der Waals surface area contributed by atoms with Crippen LogP contribution in [0.5, 0.6) is 0 Å². The first kappa shape index (κ1) is 66.5. The normalized spacial score (nSPS) is 14.4. The van der Waals surface area contributed by atoms with Gasteiger partial charge in [0, 0.05) is 12.8 Å². The molecule has 0 heterocycles. The van der Waals surface area contributed by atoms with E-state index >= 15 is 0 Å². The van der Waals surface area contributed by atoms with Gasteiger partial charge in [-0.1, -0.05) is 203 Å². The van der Waals surface area contributed by atoms with Gasteiger partial charge in [-0.15, -0.1) is 0 Å². The van der Waals surface area contributed by atoms with Crippen LogP contribution in [0.4, 0.5) is 0 Å². The lowest BCUT2D eigenvalue weighted by Crippen LogP contribution is -2.47. The number of esters is 1. The monoisotopic (exact) mass is 988 g/mol. The Hall–Kier alpha value is -2.55. The Kier molecular flexibility index (Phi) is 47.2. The molecule has 0 saturated carbocycles. The van der Waals surface area contributed by atoms with Gasteiger partial charge in [-0.3, -0.25) is 18.6 Å². The van der Waals surface area contributed by atoms with Crippen LogP contribution in [0.2, 0.25) is 0 Å². The number of nitrogens with one attached hydrogen (secondary N) is 1. The second kappa shape index (κ2) is 49.0. The number of carbonyl (C=O) groups excluding carboxylic acids is 2. The van der Waals surface area contributed by atoms with Gasteiger partial charge in [0.2, 0.25) is 5.91 Å². The first-order valence-corrected chi connectivity index (χ1v) is 29.8. The highest BCUT2D eigenvalue weighted by Gasteiger charge is 2.30. The summed E-state index contributed by atoms with van der Waals surface area (Å²) in [7, 11) is 1.45. The van der Waals surface area contributed by atoms with Gasteiger partial charge in [-0.2, -0.15) is 0 Å². The molecule has 0 aliphatic heterocycles. The Morgan fingerprint density at radius 1 is 0.507 bits per heavy atom. The summed E-state index contributed by atoms with van der Waals surface area (Å²) in [5, 5.41) is 3.01. The molecule has 9 nitrogen and oxygen atoms in total. The number of carbonyl (C=O) groups is 2. The quantitative estimate of drug-likeness (QED) is 0.0205. The molecule has 0 radical (unpaired) electrons. The lowest BCUT2D eigenvalue weighted by atomic mass is 10.0. The summed E-state index contributed by atoms with van der Waals surface area (Å²) in [6.45, 7) is 6.91. The van der Waals surface area contributed by atoms with Gasteiger partial charge in [0.1, 0.15) is 19.3 Å². The average molecular weight is 988 g/mol. The number of rotatable bonds is 50. The van der Waals surface area contributed by atoms with E-state index in [1.165, 1.54) is 122 Å². The Balaban J connectivity index is 5.51. The Bertz CT molecular complexity index is 1420. The molecule has 0 bridgehead atoms. The SMILES string of the molecule is CCCCC/C=C\C/C=C\C/C=C\C/C=C\CCCC(=O)NC(COP(=O)(O)OCC[N+](C)(C)C)C(/C=C\CCCCCCCCCCCCC)OC(=O)CCCCC/C=C\CCCCCCCC. The maximum absolute atomic E-state index is 13.5. The van der Waals surface area contributed by atoms with E-state index < -0.39 is 20.0 Å². The predicted molar refractivity (Wildman–Crippen MR) is 295 cm³/mol. The van der Waals surface area contributed by atoms with Crippen molar-refractivity contribution in [2.24, 2.45) is 0 Å². The number of phosphoric acid groups is 1. The first-order chi connectivity index (χ1) is 33.4. The minimum atomic E-state index is -4.46. The van der Waals surface area contributed by atoms with E-state index in [1.54, 1.807) is 0 Å². The third kappa shape index (κ3) is 50.2. The number of amides is 1. The van der Waals surface area contributed by atoms with E-state index in [1.807, 2.05) is 33.3 Å². The van der Waals surface area contributed by atoms with E-state index in [0.29, 0.717) is 23.9 Å². The molecule has 0 aromatic carbocycles. The van der Waals surface area contributed by atoms with Crippen molar-refractivity contribution in [2.75, 3.05) is 40.9 Å². The fourth-order valence-corrected chi connectivity index (χ4v) is 8.43. The number of ether oxygens (including phenoxy) is 1. The number of allylic oxidation sites excluding steroid dienone is 11. The van der Waals surface area contributed by atoms with Crippen molar-refractivity contribution < 1.29 is 37.3 Å². The summed E-state index contributed by atoms with van der Waals surface area (Å²) in [4.78, 5) is 37.5. The van der Waals surface area contributed by atoms with Crippen molar-refractivity contribution in [3.05, 3.63) is 72.9 Å². The third-order valence-corrected chi connectivity index (χ3v) is 13.1. The number of phosphoric ester groups is 1. The molecule has 0 fully saturated rings. The Labute approximate surface area is 425 Å². The molecular formula is C59H108N2O7P+. The van der Waals surface area contributed by atoms with Gasteiger partial charge in [-0.25, -0.2) is 4.57 Å². The van der Waals surface area contributed by atoms with E-state index in [9.17, 15) is 19.0 Å².